The number of alkyl carbamates (subject to hydrolysis) is 1. The van der Waals surface area contributed by atoms with E-state index in [0.29, 0.717) is 39.8 Å². The van der Waals surface area contributed by atoms with E-state index in [-0.39, 0.29) is 17.6 Å². The summed E-state index contributed by atoms with van der Waals surface area (Å²) in [5.41, 5.74) is 7.55. The van der Waals surface area contributed by atoms with Gasteiger partial charge in [-0.1, -0.05) is 59.3 Å². The molecule has 0 bridgehead atoms. The fourth-order valence-electron chi connectivity index (χ4n) is 3.62. The van der Waals surface area contributed by atoms with Gasteiger partial charge in [0.25, 0.3) is 5.91 Å². The molecule has 3 aromatic carbocycles. The molecule has 0 fully saturated rings. The number of phenols is 1. The van der Waals surface area contributed by atoms with Gasteiger partial charge in [-0.3, -0.25) is 14.9 Å². The topological polar surface area (TPSA) is 131 Å². The van der Waals surface area contributed by atoms with Crippen LogP contribution in [0.25, 0.3) is 0 Å². The Morgan fingerprint density at radius 2 is 1.76 bits per heavy atom. The van der Waals surface area contributed by atoms with Crippen LogP contribution in [0.3, 0.4) is 0 Å². The highest BCUT2D eigenvalue weighted by Gasteiger charge is 2.27. The van der Waals surface area contributed by atoms with Crippen molar-refractivity contribution >= 4 is 45.2 Å². The molecule has 0 radical (unpaired) electrons. The van der Waals surface area contributed by atoms with Crippen LogP contribution in [0.5, 0.6) is 5.75 Å². The molecule has 5 N–H and O–H groups in total. The highest BCUT2D eigenvalue weighted by atomic mass is 79.9. The number of halogens is 1. The monoisotopic (exact) mass is 565 g/mol. The lowest BCUT2D eigenvalue weighted by Gasteiger charge is -2.25. The summed E-state index contributed by atoms with van der Waals surface area (Å²) in [6.45, 7) is 1.86. The number of ether oxygens (including phenoxy) is 1. The van der Waals surface area contributed by atoms with Crippen LogP contribution in [0.4, 0.5) is 16.2 Å². The molecule has 3 aromatic rings. The molecule has 8 nitrogen and oxygen atoms in total. The van der Waals surface area contributed by atoms with E-state index in [0.717, 1.165) is 0 Å². The number of benzene rings is 3. The average Bonchev–Trinajstić information content (AvgIpc) is 2.88. The van der Waals surface area contributed by atoms with Crippen LogP contribution in [0.15, 0.2) is 89.4 Å². The number of anilines is 2. The van der Waals surface area contributed by atoms with Gasteiger partial charge in [0.1, 0.15) is 11.9 Å². The molecule has 0 heterocycles. The molecule has 0 saturated carbocycles. The zero-order valence-electron chi connectivity index (χ0n) is 20.2. The number of phenolic OH excluding ortho intramolecular Hbond substituents is 1. The van der Waals surface area contributed by atoms with Crippen LogP contribution in [0, 0.1) is 5.92 Å². The molecular formula is C28H28BrN3O5. The lowest BCUT2D eigenvalue weighted by molar-refractivity contribution is -0.111. The van der Waals surface area contributed by atoms with Crippen molar-refractivity contribution in [3.63, 3.8) is 0 Å². The molecular weight excluding hydrogens is 538 g/mol. The third-order valence-electron chi connectivity index (χ3n) is 5.58. The SMILES string of the molecule is C[C@@H](CC/C=C/C(=O)Nc1ccccc1N)[C@H](OC(=O)NC(=O)c1ccccc1)c1cc(Br)ccc1O. The second-order valence-corrected chi connectivity index (χ2v) is 9.30. The van der Waals surface area contributed by atoms with Crippen LogP contribution in [-0.2, 0) is 9.53 Å². The van der Waals surface area contributed by atoms with Crippen molar-refractivity contribution in [2.45, 2.75) is 25.9 Å². The van der Waals surface area contributed by atoms with Crippen molar-refractivity contribution in [3.05, 3.63) is 101 Å². The number of nitrogens with one attached hydrogen (secondary N) is 2. The summed E-state index contributed by atoms with van der Waals surface area (Å²) in [4.78, 5) is 37.2. The Balaban J connectivity index is 1.65. The second kappa shape index (κ2) is 13.3. The van der Waals surface area contributed by atoms with Crippen LogP contribution in [0.1, 0.15) is 41.8 Å². The Labute approximate surface area is 223 Å². The van der Waals surface area contributed by atoms with E-state index in [1.54, 1.807) is 72.8 Å². The minimum Gasteiger partial charge on any atom is -0.508 e. The van der Waals surface area contributed by atoms with Crippen molar-refractivity contribution in [3.8, 4) is 5.75 Å². The predicted molar refractivity (Wildman–Crippen MR) is 146 cm³/mol. The Hall–Kier alpha value is -4.11. The van der Waals surface area contributed by atoms with Crippen molar-refractivity contribution in [1.29, 1.82) is 0 Å². The Bertz CT molecular complexity index is 1280. The van der Waals surface area contributed by atoms with E-state index < -0.39 is 18.1 Å². The lowest BCUT2D eigenvalue weighted by Crippen LogP contribution is -2.33. The van der Waals surface area contributed by atoms with E-state index in [1.807, 2.05) is 6.92 Å². The summed E-state index contributed by atoms with van der Waals surface area (Å²) < 4.78 is 6.32. The Kier molecular flexibility index (Phi) is 9.85. The number of hydrogen-bond acceptors (Lipinski definition) is 6. The number of rotatable bonds is 9. The van der Waals surface area contributed by atoms with Crippen LogP contribution < -0.4 is 16.4 Å². The molecule has 3 rings (SSSR count). The number of nitrogen functional groups attached to an aromatic ring is 1. The number of amides is 3. The molecule has 37 heavy (non-hydrogen) atoms. The van der Waals surface area contributed by atoms with E-state index in [2.05, 4.69) is 26.6 Å². The lowest BCUT2D eigenvalue weighted by atomic mass is 9.92. The van der Waals surface area contributed by atoms with Crippen molar-refractivity contribution in [2.24, 2.45) is 5.92 Å². The van der Waals surface area contributed by atoms with Gasteiger partial charge < -0.3 is 20.9 Å². The van der Waals surface area contributed by atoms with Crippen LogP contribution >= 0.6 is 15.9 Å². The molecule has 0 aliphatic heterocycles. The minimum atomic E-state index is -0.930. The van der Waals surface area contributed by atoms with Gasteiger partial charge in [0.05, 0.1) is 11.4 Å². The molecule has 192 valence electrons. The van der Waals surface area contributed by atoms with Gasteiger partial charge in [-0.05, 0) is 67.3 Å². The van der Waals surface area contributed by atoms with Gasteiger partial charge in [0.15, 0.2) is 0 Å². The molecule has 0 aromatic heterocycles. The molecule has 0 aliphatic rings. The number of carbonyl (C=O) groups is 3. The molecule has 3 amide bonds. The minimum absolute atomic E-state index is 0.0439. The van der Waals surface area contributed by atoms with E-state index in [4.69, 9.17) is 10.5 Å². The number of aromatic hydroxyl groups is 1. The molecule has 0 saturated heterocycles. The molecule has 2 atom stereocenters. The summed E-state index contributed by atoms with van der Waals surface area (Å²) in [6.07, 6.45) is 2.36. The normalized spacial score (nSPS) is 12.5. The van der Waals surface area contributed by atoms with Crippen molar-refractivity contribution in [1.82, 2.24) is 5.32 Å². The molecule has 0 spiro atoms. The quantitative estimate of drug-likeness (QED) is 0.187. The van der Waals surface area contributed by atoms with E-state index in [1.165, 1.54) is 12.1 Å². The molecule has 0 unspecified atom stereocenters. The summed E-state index contributed by atoms with van der Waals surface area (Å²) in [5, 5.41) is 15.4. The zero-order chi connectivity index (χ0) is 26.8. The van der Waals surface area contributed by atoms with Gasteiger partial charge in [-0.2, -0.15) is 0 Å². The van der Waals surface area contributed by atoms with Gasteiger partial charge in [0.2, 0.25) is 5.91 Å². The fourth-order valence-corrected chi connectivity index (χ4v) is 4.00. The van der Waals surface area contributed by atoms with Gasteiger partial charge >= 0.3 is 6.09 Å². The maximum Gasteiger partial charge on any atom is 0.414 e. The maximum atomic E-state index is 12.6. The smallest absolute Gasteiger partial charge is 0.414 e. The van der Waals surface area contributed by atoms with Crippen LogP contribution in [0.2, 0.25) is 0 Å². The van der Waals surface area contributed by atoms with Crippen molar-refractivity contribution < 1.29 is 24.2 Å². The number of para-hydroxylation sites is 2. The largest absolute Gasteiger partial charge is 0.508 e. The Morgan fingerprint density at radius 3 is 2.49 bits per heavy atom. The maximum absolute atomic E-state index is 12.6. The summed E-state index contributed by atoms with van der Waals surface area (Å²) in [7, 11) is 0. The second-order valence-electron chi connectivity index (χ2n) is 8.38. The number of nitrogens with two attached hydrogens (primary N) is 1. The predicted octanol–water partition coefficient (Wildman–Crippen LogP) is 5.96. The first-order chi connectivity index (χ1) is 17.7. The van der Waals surface area contributed by atoms with E-state index >= 15 is 0 Å². The highest BCUT2D eigenvalue weighted by Crippen LogP contribution is 2.36. The van der Waals surface area contributed by atoms with Gasteiger partial charge in [0, 0.05) is 15.6 Å². The first-order valence-corrected chi connectivity index (χ1v) is 12.4. The van der Waals surface area contributed by atoms with Gasteiger partial charge in [-0.25, -0.2) is 4.79 Å². The number of carbonyl (C=O) groups excluding carboxylic acids is 3. The molecule has 0 aliphatic carbocycles. The summed E-state index contributed by atoms with van der Waals surface area (Å²) in [5.74, 6) is -1.22. The fraction of sp³-hybridized carbons (Fsp3) is 0.179. The zero-order valence-corrected chi connectivity index (χ0v) is 21.8. The van der Waals surface area contributed by atoms with E-state index in [9.17, 15) is 19.5 Å². The average molecular weight is 566 g/mol. The Morgan fingerprint density at radius 1 is 1.05 bits per heavy atom. The standard InChI is InChI=1S/C28H28BrN3O5/c1-18(9-5-8-14-25(34)31-23-13-7-6-12-22(23)30)26(21-17-20(29)15-16-24(21)33)37-28(36)32-27(35)19-10-3-2-4-11-19/h2-4,6-8,10-18,26,33H,5,9,30H2,1H3,(H,31,34)(H,32,35,36)/b14-8+/t18-,26-/m0/s1. The third kappa shape index (κ3) is 8.22. The summed E-state index contributed by atoms with van der Waals surface area (Å²) in [6, 6.07) is 20.1. The number of allylic oxidation sites excluding steroid dienone is 1. The number of hydrogen-bond donors (Lipinski definition) is 4. The third-order valence-corrected chi connectivity index (χ3v) is 6.07. The van der Waals surface area contributed by atoms with Crippen molar-refractivity contribution in [2.75, 3.05) is 11.1 Å². The molecule has 9 heteroatoms. The first kappa shape index (κ1) is 27.5. The number of imide groups is 1. The summed E-state index contributed by atoms with van der Waals surface area (Å²) >= 11 is 3.38. The highest BCUT2D eigenvalue weighted by molar-refractivity contribution is 9.10. The first-order valence-electron chi connectivity index (χ1n) is 11.6. The van der Waals surface area contributed by atoms with Gasteiger partial charge in [-0.15, -0.1) is 0 Å². The van der Waals surface area contributed by atoms with Crippen LogP contribution in [-0.4, -0.2) is 23.0 Å².